The van der Waals surface area contributed by atoms with Crippen molar-refractivity contribution in [2.45, 2.75) is 23.8 Å². The lowest BCUT2D eigenvalue weighted by Gasteiger charge is -2.31. The number of likely N-dealkylation sites (tertiary alicyclic amines) is 1. The Morgan fingerprint density at radius 2 is 1.64 bits per heavy atom. The lowest BCUT2D eigenvalue weighted by Crippen LogP contribution is -2.47. The molecule has 0 radical (unpaired) electrons. The van der Waals surface area contributed by atoms with E-state index in [2.05, 4.69) is 17.9 Å². The van der Waals surface area contributed by atoms with Gasteiger partial charge in [-0.25, -0.2) is 4.79 Å². The van der Waals surface area contributed by atoms with E-state index >= 15 is 0 Å². The number of nitrogens with zero attached hydrogens (tertiary/aromatic N) is 1. The van der Waals surface area contributed by atoms with Crippen molar-refractivity contribution in [1.29, 1.82) is 0 Å². The van der Waals surface area contributed by atoms with E-state index < -0.39 is 0 Å². The van der Waals surface area contributed by atoms with Gasteiger partial charge >= 0.3 is 6.09 Å². The van der Waals surface area contributed by atoms with E-state index in [0.717, 1.165) is 0 Å². The van der Waals surface area contributed by atoms with Crippen LogP contribution in [0.1, 0.15) is 23.2 Å². The number of nitrogens with one attached hydrogen (secondary N) is 1. The minimum absolute atomic E-state index is 0.0428. The summed E-state index contributed by atoms with van der Waals surface area (Å²) in [4.78, 5) is 26.8. The molecule has 1 aliphatic rings. The highest BCUT2D eigenvalue weighted by atomic mass is 32.1. The van der Waals surface area contributed by atoms with E-state index in [1.165, 1.54) is 0 Å². The molecule has 0 spiro atoms. The molecule has 1 N–H and O–H groups in total. The van der Waals surface area contributed by atoms with Crippen molar-refractivity contribution in [2.75, 3.05) is 13.1 Å². The maximum Gasteiger partial charge on any atom is 0.415 e. The summed E-state index contributed by atoms with van der Waals surface area (Å²) in [5, 5.41) is 3.02. The summed E-state index contributed by atoms with van der Waals surface area (Å²) in [6, 6.07) is 16.3. The van der Waals surface area contributed by atoms with E-state index in [9.17, 15) is 9.59 Å². The molecule has 3 rings (SSSR count). The molecule has 1 heterocycles. The Labute approximate surface area is 152 Å². The number of rotatable bonds is 3. The van der Waals surface area contributed by atoms with Gasteiger partial charge in [0.1, 0.15) is 5.75 Å². The summed E-state index contributed by atoms with van der Waals surface area (Å²) in [6.45, 7) is 1.11. The minimum Gasteiger partial charge on any atom is -0.410 e. The SMILES string of the molecule is O=C(NC1CCN(C(=O)Oc2ccccc2)CC1)c1ccccc1S. The molecule has 0 unspecified atom stereocenters. The Morgan fingerprint density at radius 1 is 1.00 bits per heavy atom. The van der Waals surface area contributed by atoms with Crippen LogP contribution in [0.15, 0.2) is 59.5 Å². The van der Waals surface area contributed by atoms with Gasteiger partial charge in [-0.15, -0.1) is 12.6 Å². The van der Waals surface area contributed by atoms with Crippen molar-refractivity contribution in [3.05, 3.63) is 60.2 Å². The molecule has 0 bridgehead atoms. The summed E-state index contributed by atoms with van der Waals surface area (Å²) in [5.74, 6) is 0.407. The number of carbonyl (C=O) groups is 2. The maximum absolute atomic E-state index is 12.3. The third-order valence-electron chi connectivity index (χ3n) is 4.19. The Balaban J connectivity index is 1.49. The lowest BCUT2D eigenvalue weighted by molar-refractivity contribution is 0.0907. The third-order valence-corrected chi connectivity index (χ3v) is 4.58. The van der Waals surface area contributed by atoms with Gasteiger partial charge in [0.25, 0.3) is 5.91 Å². The van der Waals surface area contributed by atoms with Crippen LogP contribution in [0.3, 0.4) is 0 Å². The second kappa shape index (κ2) is 8.07. The highest BCUT2D eigenvalue weighted by Crippen LogP contribution is 2.17. The van der Waals surface area contributed by atoms with Gasteiger partial charge in [0.2, 0.25) is 0 Å². The first-order chi connectivity index (χ1) is 12.1. The van der Waals surface area contributed by atoms with Crippen LogP contribution in [0.4, 0.5) is 4.79 Å². The van der Waals surface area contributed by atoms with Gasteiger partial charge in [-0.1, -0.05) is 30.3 Å². The van der Waals surface area contributed by atoms with Crippen LogP contribution in [-0.4, -0.2) is 36.0 Å². The first-order valence-corrected chi connectivity index (χ1v) is 8.69. The first-order valence-electron chi connectivity index (χ1n) is 8.24. The van der Waals surface area contributed by atoms with E-state index in [1.54, 1.807) is 29.2 Å². The molecule has 25 heavy (non-hydrogen) atoms. The summed E-state index contributed by atoms with van der Waals surface area (Å²) in [5.41, 5.74) is 0.566. The molecule has 1 aliphatic heterocycles. The van der Waals surface area contributed by atoms with Gasteiger partial charge in [0, 0.05) is 24.0 Å². The zero-order chi connectivity index (χ0) is 17.6. The van der Waals surface area contributed by atoms with E-state index in [-0.39, 0.29) is 18.0 Å². The number of hydrogen-bond acceptors (Lipinski definition) is 4. The van der Waals surface area contributed by atoms with E-state index in [1.807, 2.05) is 30.3 Å². The minimum atomic E-state index is -0.350. The fraction of sp³-hybridized carbons (Fsp3) is 0.263. The number of ether oxygens (including phenoxy) is 1. The topological polar surface area (TPSA) is 58.6 Å². The molecule has 1 fully saturated rings. The number of hydrogen-bond donors (Lipinski definition) is 2. The van der Waals surface area contributed by atoms with Gasteiger partial charge in [-0.2, -0.15) is 0 Å². The van der Waals surface area contributed by atoms with Crippen LogP contribution >= 0.6 is 12.6 Å². The number of amides is 2. The predicted octanol–water partition coefficient (Wildman–Crippen LogP) is 3.37. The Hall–Kier alpha value is -2.47. The molecular weight excluding hydrogens is 336 g/mol. The van der Waals surface area contributed by atoms with Gasteiger partial charge < -0.3 is 15.0 Å². The fourth-order valence-corrected chi connectivity index (χ4v) is 3.05. The van der Waals surface area contributed by atoms with E-state index in [0.29, 0.717) is 42.1 Å². The van der Waals surface area contributed by atoms with Crippen molar-refractivity contribution in [3.63, 3.8) is 0 Å². The molecule has 2 amide bonds. The molecule has 0 saturated carbocycles. The number of para-hydroxylation sites is 1. The van der Waals surface area contributed by atoms with Crippen molar-refractivity contribution >= 4 is 24.6 Å². The van der Waals surface area contributed by atoms with Crippen LogP contribution < -0.4 is 10.1 Å². The Bertz CT molecular complexity index is 743. The van der Waals surface area contributed by atoms with Gasteiger partial charge in [0.15, 0.2) is 0 Å². The van der Waals surface area contributed by atoms with Crippen molar-refractivity contribution in [1.82, 2.24) is 10.2 Å². The first kappa shape index (κ1) is 17.4. The lowest BCUT2D eigenvalue weighted by atomic mass is 10.0. The standard InChI is InChI=1S/C19H20N2O3S/c22-18(16-8-4-5-9-17(16)25)20-14-10-12-21(13-11-14)19(23)24-15-6-2-1-3-7-15/h1-9,14,25H,10-13H2,(H,20,22). The van der Waals surface area contributed by atoms with Gasteiger partial charge in [0.05, 0.1) is 5.56 Å². The number of carbonyl (C=O) groups excluding carboxylic acids is 2. The Morgan fingerprint density at radius 3 is 2.32 bits per heavy atom. The number of piperidine rings is 1. The van der Waals surface area contributed by atoms with Crippen molar-refractivity contribution in [2.24, 2.45) is 0 Å². The molecule has 2 aromatic rings. The molecule has 2 aromatic carbocycles. The van der Waals surface area contributed by atoms with Gasteiger partial charge in [-0.05, 0) is 37.1 Å². The average Bonchev–Trinajstić information content (AvgIpc) is 2.63. The Kier molecular flexibility index (Phi) is 5.60. The molecule has 130 valence electrons. The van der Waals surface area contributed by atoms with Crippen LogP contribution in [0.25, 0.3) is 0 Å². The van der Waals surface area contributed by atoms with Crippen LogP contribution in [0, 0.1) is 0 Å². The third kappa shape index (κ3) is 4.54. The van der Waals surface area contributed by atoms with Crippen LogP contribution in [0.5, 0.6) is 5.75 Å². The second-order valence-electron chi connectivity index (χ2n) is 5.93. The average molecular weight is 356 g/mol. The number of benzene rings is 2. The molecule has 1 saturated heterocycles. The predicted molar refractivity (Wildman–Crippen MR) is 98.2 cm³/mol. The van der Waals surface area contributed by atoms with E-state index in [4.69, 9.17) is 4.74 Å². The molecular formula is C19H20N2O3S. The zero-order valence-electron chi connectivity index (χ0n) is 13.7. The molecule has 0 aromatic heterocycles. The highest BCUT2D eigenvalue weighted by Gasteiger charge is 2.25. The summed E-state index contributed by atoms with van der Waals surface area (Å²) in [7, 11) is 0. The van der Waals surface area contributed by atoms with Crippen molar-refractivity contribution in [3.8, 4) is 5.75 Å². The fourth-order valence-electron chi connectivity index (χ4n) is 2.79. The maximum atomic E-state index is 12.3. The van der Waals surface area contributed by atoms with Crippen LogP contribution in [-0.2, 0) is 0 Å². The highest BCUT2D eigenvalue weighted by molar-refractivity contribution is 7.80. The molecule has 0 aliphatic carbocycles. The molecule has 0 atom stereocenters. The number of thiol groups is 1. The summed E-state index contributed by atoms with van der Waals surface area (Å²) in [6.07, 6.45) is 1.05. The summed E-state index contributed by atoms with van der Waals surface area (Å²) < 4.78 is 5.34. The largest absolute Gasteiger partial charge is 0.415 e. The smallest absolute Gasteiger partial charge is 0.410 e. The van der Waals surface area contributed by atoms with Gasteiger partial charge in [-0.3, -0.25) is 4.79 Å². The molecule has 5 nitrogen and oxygen atoms in total. The van der Waals surface area contributed by atoms with Crippen LogP contribution in [0.2, 0.25) is 0 Å². The second-order valence-corrected chi connectivity index (χ2v) is 6.41. The zero-order valence-corrected chi connectivity index (χ0v) is 14.6. The monoisotopic (exact) mass is 356 g/mol. The normalized spacial score (nSPS) is 14.8. The van der Waals surface area contributed by atoms with Crippen molar-refractivity contribution < 1.29 is 14.3 Å². The summed E-state index contributed by atoms with van der Waals surface area (Å²) >= 11 is 4.31. The molecule has 6 heteroatoms. The quantitative estimate of drug-likeness (QED) is 0.829.